The summed E-state index contributed by atoms with van der Waals surface area (Å²) in [4.78, 5) is 46.8. The van der Waals surface area contributed by atoms with Gasteiger partial charge in [0.2, 0.25) is 0 Å². The van der Waals surface area contributed by atoms with Crippen molar-refractivity contribution in [3.63, 3.8) is 0 Å². The van der Waals surface area contributed by atoms with Crippen LogP contribution in [0.3, 0.4) is 0 Å². The van der Waals surface area contributed by atoms with Crippen molar-refractivity contribution in [3.05, 3.63) is 0 Å². The van der Waals surface area contributed by atoms with Gasteiger partial charge < -0.3 is 30.7 Å². The summed E-state index contributed by atoms with van der Waals surface area (Å²) in [6.45, 7) is 6.27. The highest BCUT2D eigenvalue weighted by Crippen LogP contribution is 2.05. The fraction of sp³-hybridized carbons (Fsp3) is 0.852. The number of rotatable bonds is 24. The number of nitrogens with one attached hydrogen (secondary N) is 4. The molecule has 0 aromatic carbocycles. The lowest BCUT2D eigenvalue weighted by molar-refractivity contribution is -0.145. The molecule has 0 unspecified atom stereocenters. The lowest BCUT2D eigenvalue weighted by Gasteiger charge is -2.09. The zero-order chi connectivity index (χ0) is 27.4. The second-order valence-corrected chi connectivity index (χ2v) is 9.20. The molecule has 0 aliphatic rings. The highest BCUT2D eigenvalue weighted by atomic mass is 16.5. The molecule has 0 aliphatic heterocycles. The summed E-state index contributed by atoms with van der Waals surface area (Å²) in [5, 5.41) is 10.9. The van der Waals surface area contributed by atoms with Crippen molar-refractivity contribution < 1.29 is 28.7 Å². The van der Waals surface area contributed by atoms with Crippen molar-refractivity contribution in [2.24, 2.45) is 0 Å². The van der Waals surface area contributed by atoms with Crippen LogP contribution < -0.4 is 21.3 Å². The van der Waals surface area contributed by atoms with Crippen molar-refractivity contribution in [2.45, 2.75) is 110 Å². The Labute approximate surface area is 223 Å². The van der Waals surface area contributed by atoms with Crippen molar-refractivity contribution in [1.29, 1.82) is 0 Å². The largest absolute Gasteiger partial charge is 0.464 e. The Morgan fingerprint density at radius 3 is 1.22 bits per heavy atom. The standard InChI is InChI=1S/C27H52N4O6/c1-3-5-7-9-11-13-18-28-26(34)30-20-22-36-24(32)16-15-17-25(33)37-23-21-31-27(35)29-19-14-12-10-8-6-4-2/h3-23H2,1-2H3,(H2,28,30,34)(H2,29,31,35). The minimum atomic E-state index is -0.425. The van der Waals surface area contributed by atoms with E-state index in [0.717, 1.165) is 25.7 Å². The van der Waals surface area contributed by atoms with E-state index in [-0.39, 0.29) is 51.2 Å². The van der Waals surface area contributed by atoms with Gasteiger partial charge in [-0.25, -0.2) is 9.59 Å². The molecule has 10 nitrogen and oxygen atoms in total. The Morgan fingerprint density at radius 1 is 0.459 bits per heavy atom. The van der Waals surface area contributed by atoms with E-state index in [9.17, 15) is 19.2 Å². The molecule has 10 heteroatoms. The Balaban J connectivity index is 3.50. The number of carbonyl (C=O) groups is 4. The topological polar surface area (TPSA) is 135 Å². The first-order chi connectivity index (χ1) is 18.0. The Kier molecular flexibility index (Phi) is 24.7. The van der Waals surface area contributed by atoms with Crippen LogP contribution in [0.2, 0.25) is 0 Å². The molecule has 0 fully saturated rings. The Morgan fingerprint density at radius 2 is 0.811 bits per heavy atom. The number of hydrogen-bond donors (Lipinski definition) is 4. The second-order valence-electron chi connectivity index (χ2n) is 9.20. The lowest BCUT2D eigenvalue weighted by Crippen LogP contribution is -2.38. The predicted molar refractivity (Wildman–Crippen MR) is 145 cm³/mol. The normalized spacial score (nSPS) is 10.4. The zero-order valence-corrected chi connectivity index (χ0v) is 23.3. The number of hydrogen-bond acceptors (Lipinski definition) is 6. The summed E-state index contributed by atoms with van der Waals surface area (Å²) in [6, 6.07) is -0.533. The molecule has 0 saturated heterocycles. The molecule has 0 radical (unpaired) electrons. The first-order valence-corrected chi connectivity index (χ1v) is 14.3. The van der Waals surface area contributed by atoms with Crippen LogP contribution in [-0.4, -0.2) is 63.4 Å². The highest BCUT2D eigenvalue weighted by molar-refractivity contribution is 5.74. The smallest absolute Gasteiger partial charge is 0.314 e. The van der Waals surface area contributed by atoms with Crippen LogP contribution >= 0.6 is 0 Å². The maximum Gasteiger partial charge on any atom is 0.314 e. The molecule has 0 rings (SSSR count). The van der Waals surface area contributed by atoms with Crippen LogP contribution in [-0.2, 0) is 19.1 Å². The van der Waals surface area contributed by atoms with Crippen molar-refractivity contribution >= 4 is 24.0 Å². The minimum absolute atomic E-state index is 0.0836. The number of unbranched alkanes of at least 4 members (excludes halogenated alkanes) is 10. The van der Waals surface area contributed by atoms with Crippen LogP contribution in [0, 0.1) is 0 Å². The molecule has 37 heavy (non-hydrogen) atoms. The van der Waals surface area contributed by atoms with Gasteiger partial charge in [-0.15, -0.1) is 0 Å². The van der Waals surface area contributed by atoms with Crippen LogP contribution in [0.15, 0.2) is 0 Å². The summed E-state index contributed by atoms with van der Waals surface area (Å²) < 4.78 is 10.1. The monoisotopic (exact) mass is 528 g/mol. The molecule has 0 aliphatic carbocycles. The van der Waals surface area contributed by atoms with E-state index in [4.69, 9.17) is 9.47 Å². The molecule has 216 valence electrons. The SMILES string of the molecule is CCCCCCCCNC(=O)NCCOC(=O)CCCC(=O)OCCNC(=O)NCCCCCCCC. The molecule has 0 atom stereocenters. The Hall–Kier alpha value is -2.52. The highest BCUT2D eigenvalue weighted by Gasteiger charge is 2.08. The van der Waals surface area contributed by atoms with Gasteiger partial charge in [0.15, 0.2) is 0 Å². The minimum Gasteiger partial charge on any atom is -0.464 e. The van der Waals surface area contributed by atoms with Gasteiger partial charge in [0.25, 0.3) is 0 Å². The molecule has 4 amide bonds. The van der Waals surface area contributed by atoms with E-state index >= 15 is 0 Å². The third-order valence-electron chi connectivity index (χ3n) is 5.69. The lowest BCUT2D eigenvalue weighted by atomic mass is 10.1. The van der Waals surface area contributed by atoms with Crippen molar-refractivity contribution in [3.8, 4) is 0 Å². The van der Waals surface area contributed by atoms with Crippen LogP contribution in [0.1, 0.15) is 110 Å². The number of urea groups is 2. The molecule has 0 spiro atoms. The zero-order valence-electron chi connectivity index (χ0n) is 23.3. The van der Waals surface area contributed by atoms with Crippen molar-refractivity contribution in [2.75, 3.05) is 39.4 Å². The van der Waals surface area contributed by atoms with Gasteiger partial charge in [-0.05, 0) is 19.3 Å². The van der Waals surface area contributed by atoms with Gasteiger partial charge in [0.05, 0.1) is 13.1 Å². The van der Waals surface area contributed by atoms with E-state index < -0.39 is 11.9 Å². The van der Waals surface area contributed by atoms with Gasteiger partial charge in [0.1, 0.15) is 13.2 Å². The molecule has 4 N–H and O–H groups in total. The Bertz CT molecular complexity index is 553. The maximum atomic E-state index is 11.7. The number of ether oxygens (including phenoxy) is 2. The summed E-state index contributed by atoms with van der Waals surface area (Å²) >= 11 is 0. The van der Waals surface area contributed by atoms with Gasteiger partial charge in [-0.1, -0.05) is 78.1 Å². The van der Waals surface area contributed by atoms with Gasteiger partial charge in [0, 0.05) is 25.9 Å². The number of carbonyl (C=O) groups excluding carboxylic acids is 4. The molecule has 0 saturated carbocycles. The van der Waals surface area contributed by atoms with E-state index in [1.165, 1.54) is 51.4 Å². The van der Waals surface area contributed by atoms with E-state index in [0.29, 0.717) is 19.5 Å². The van der Waals surface area contributed by atoms with Gasteiger partial charge >= 0.3 is 24.0 Å². The van der Waals surface area contributed by atoms with Gasteiger partial charge in [-0.2, -0.15) is 0 Å². The third kappa shape index (κ3) is 26.4. The molecule has 0 bridgehead atoms. The second kappa shape index (κ2) is 26.5. The number of esters is 2. The molecule has 0 heterocycles. The quantitative estimate of drug-likeness (QED) is 0.107. The first-order valence-electron chi connectivity index (χ1n) is 14.3. The molecule has 0 aromatic rings. The summed E-state index contributed by atoms with van der Waals surface area (Å²) in [5.74, 6) is -0.850. The van der Waals surface area contributed by atoms with Crippen LogP contribution in [0.25, 0.3) is 0 Å². The summed E-state index contributed by atoms with van der Waals surface area (Å²) in [5.41, 5.74) is 0. The maximum absolute atomic E-state index is 11.7. The average Bonchev–Trinajstić information content (AvgIpc) is 2.88. The summed E-state index contributed by atoms with van der Waals surface area (Å²) in [7, 11) is 0. The predicted octanol–water partition coefficient (Wildman–Crippen LogP) is 4.56. The van der Waals surface area contributed by atoms with Crippen LogP contribution in [0.4, 0.5) is 9.59 Å². The van der Waals surface area contributed by atoms with E-state index in [1.807, 2.05) is 0 Å². The van der Waals surface area contributed by atoms with Crippen molar-refractivity contribution in [1.82, 2.24) is 21.3 Å². The first kappa shape index (κ1) is 34.5. The van der Waals surface area contributed by atoms with E-state index in [1.54, 1.807) is 0 Å². The summed E-state index contributed by atoms with van der Waals surface area (Å²) in [6.07, 6.45) is 14.5. The van der Waals surface area contributed by atoms with Gasteiger partial charge in [-0.3, -0.25) is 9.59 Å². The van der Waals surface area contributed by atoms with E-state index in [2.05, 4.69) is 35.1 Å². The molecular formula is C27H52N4O6. The van der Waals surface area contributed by atoms with Crippen LogP contribution in [0.5, 0.6) is 0 Å². The molecular weight excluding hydrogens is 476 g/mol. The third-order valence-corrected chi connectivity index (χ3v) is 5.69. The fourth-order valence-corrected chi connectivity index (χ4v) is 3.52. The molecule has 0 aromatic heterocycles. The average molecular weight is 529 g/mol. The fourth-order valence-electron chi connectivity index (χ4n) is 3.52. The number of amides is 4.